The fourth-order valence-electron chi connectivity index (χ4n) is 2.07. The number of aliphatic carboxylic acids is 1. The number of carbonyl (C=O) groups is 1. The summed E-state index contributed by atoms with van der Waals surface area (Å²) in [6.07, 6.45) is 5.35. The third-order valence-electron chi connectivity index (χ3n) is 2.94. The molecule has 1 aromatic heterocycles. The van der Waals surface area contributed by atoms with Crippen LogP contribution in [0.25, 0.3) is 0 Å². The molecule has 1 aromatic rings. The van der Waals surface area contributed by atoms with E-state index in [-0.39, 0.29) is 6.42 Å². The molecular weight excluding hydrogens is 206 g/mol. The number of aromatic nitrogens is 2. The fourth-order valence-corrected chi connectivity index (χ4v) is 2.07. The maximum absolute atomic E-state index is 10.5. The Morgan fingerprint density at radius 1 is 1.62 bits per heavy atom. The van der Waals surface area contributed by atoms with Crippen molar-refractivity contribution in [3.63, 3.8) is 0 Å². The van der Waals surface area contributed by atoms with Gasteiger partial charge in [-0.1, -0.05) is 0 Å². The van der Waals surface area contributed by atoms with Gasteiger partial charge in [-0.2, -0.15) is 0 Å². The Kier molecular flexibility index (Phi) is 3.34. The van der Waals surface area contributed by atoms with E-state index < -0.39 is 5.97 Å². The number of hydrogen-bond acceptors (Lipinski definition) is 4. The van der Waals surface area contributed by atoms with Crippen LogP contribution >= 0.6 is 0 Å². The van der Waals surface area contributed by atoms with Gasteiger partial charge in [0, 0.05) is 25.7 Å². The molecule has 1 aliphatic heterocycles. The van der Waals surface area contributed by atoms with Gasteiger partial charge in [-0.05, 0) is 24.8 Å². The molecule has 5 heteroatoms. The van der Waals surface area contributed by atoms with E-state index in [1.807, 2.05) is 6.07 Å². The Labute approximate surface area is 94.1 Å². The number of carboxylic acid groups (broad SMARTS) is 1. The average Bonchev–Trinajstić information content (AvgIpc) is 2.76. The van der Waals surface area contributed by atoms with Crippen LogP contribution in [0.1, 0.15) is 19.3 Å². The van der Waals surface area contributed by atoms with Crippen LogP contribution in [0.2, 0.25) is 0 Å². The number of carboxylic acids is 1. The molecule has 86 valence electrons. The molecule has 0 bridgehead atoms. The quantitative estimate of drug-likeness (QED) is 0.826. The maximum Gasteiger partial charge on any atom is 0.303 e. The number of rotatable bonds is 4. The standard InChI is InChI=1S/C11H15N3O2/c15-11(16)2-1-9-4-6-14(7-9)10-3-5-12-8-13-10/h3,5,8-9H,1-2,4,6-7H2,(H,15,16). The van der Waals surface area contributed by atoms with Crippen molar-refractivity contribution >= 4 is 11.8 Å². The summed E-state index contributed by atoms with van der Waals surface area (Å²) in [5.74, 6) is 0.708. The van der Waals surface area contributed by atoms with E-state index in [2.05, 4.69) is 14.9 Å². The van der Waals surface area contributed by atoms with E-state index in [9.17, 15) is 4.79 Å². The predicted octanol–water partition coefficient (Wildman–Crippen LogP) is 1.17. The van der Waals surface area contributed by atoms with E-state index in [0.29, 0.717) is 5.92 Å². The minimum atomic E-state index is -0.708. The summed E-state index contributed by atoms with van der Waals surface area (Å²) in [5.41, 5.74) is 0. The van der Waals surface area contributed by atoms with E-state index in [1.54, 1.807) is 12.5 Å². The van der Waals surface area contributed by atoms with Crippen LogP contribution in [0.15, 0.2) is 18.6 Å². The highest BCUT2D eigenvalue weighted by atomic mass is 16.4. The lowest BCUT2D eigenvalue weighted by molar-refractivity contribution is -0.137. The molecule has 0 aromatic carbocycles. The molecule has 1 saturated heterocycles. The van der Waals surface area contributed by atoms with Crippen molar-refractivity contribution in [3.05, 3.63) is 18.6 Å². The number of nitrogens with zero attached hydrogens (tertiary/aromatic N) is 3. The van der Waals surface area contributed by atoms with Gasteiger partial charge in [0.25, 0.3) is 0 Å². The monoisotopic (exact) mass is 221 g/mol. The zero-order valence-corrected chi connectivity index (χ0v) is 9.04. The van der Waals surface area contributed by atoms with E-state index in [0.717, 1.165) is 31.7 Å². The molecule has 0 aliphatic carbocycles. The molecule has 2 rings (SSSR count). The second-order valence-corrected chi connectivity index (χ2v) is 4.10. The molecule has 1 N–H and O–H groups in total. The first-order valence-electron chi connectivity index (χ1n) is 5.48. The highest BCUT2D eigenvalue weighted by Gasteiger charge is 2.23. The third kappa shape index (κ3) is 2.68. The average molecular weight is 221 g/mol. The molecule has 1 fully saturated rings. The summed E-state index contributed by atoms with van der Waals surface area (Å²) >= 11 is 0. The van der Waals surface area contributed by atoms with Gasteiger partial charge in [0.2, 0.25) is 0 Å². The molecule has 0 radical (unpaired) electrons. The van der Waals surface area contributed by atoms with Gasteiger partial charge in [0.15, 0.2) is 0 Å². The second-order valence-electron chi connectivity index (χ2n) is 4.10. The van der Waals surface area contributed by atoms with Crippen molar-refractivity contribution in [1.29, 1.82) is 0 Å². The van der Waals surface area contributed by atoms with Crippen molar-refractivity contribution < 1.29 is 9.90 Å². The van der Waals surface area contributed by atoms with Crippen molar-refractivity contribution in [2.45, 2.75) is 19.3 Å². The van der Waals surface area contributed by atoms with Gasteiger partial charge >= 0.3 is 5.97 Å². The van der Waals surface area contributed by atoms with Crippen LogP contribution in [0, 0.1) is 5.92 Å². The van der Waals surface area contributed by atoms with Gasteiger partial charge in [-0.15, -0.1) is 0 Å². The van der Waals surface area contributed by atoms with Gasteiger partial charge in [-0.3, -0.25) is 4.79 Å². The summed E-state index contributed by atoms with van der Waals surface area (Å²) in [5, 5.41) is 8.62. The molecule has 5 nitrogen and oxygen atoms in total. The van der Waals surface area contributed by atoms with Gasteiger partial charge in [0.1, 0.15) is 12.1 Å². The summed E-state index contributed by atoms with van der Waals surface area (Å²) in [4.78, 5) is 20.7. The van der Waals surface area contributed by atoms with Crippen molar-refractivity contribution in [2.24, 2.45) is 5.92 Å². The summed E-state index contributed by atoms with van der Waals surface area (Å²) < 4.78 is 0. The van der Waals surface area contributed by atoms with Crippen molar-refractivity contribution in [1.82, 2.24) is 9.97 Å². The fraction of sp³-hybridized carbons (Fsp3) is 0.545. The lowest BCUT2D eigenvalue weighted by atomic mass is 10.0. The summed E-state index contributed by atoms with van der Waals surface area (Å²) in [6, 6.07) is 1.89. The lowest BCUT2D eigenvalue weighted by Gasteiger charge is -2.16. The SMILES string of the molecule is O=C(O)CCC1CCN(c2ccncn2)C1. The zero-order chi connectivity index (χ0) is 11.4. The van der Waals surface area contributed by atoms with Crippen LogP contribution in [-0.2, 0) is 4.79 Å². The summed E-state index contributed by atoms with van der Waals surface area (Å²) in [7, 11) is 0. The first-order valence-corrected chi connectivity index (χ1v) is 5.48. The van der Waals surface area contributed by atoms with Crippen molar-refractivity contribution in [2.75, 3.05) is 18.0 Å². The Balaban J connectivity index is 1.86. The minimum absolute atomic E-state index is 0.266. The molecule has 16 heavy (non-hydrogen) atoms. The van der Waals surface area contributed by atoms with Crippen molar-refractivity contribution in [3.8, 4) is 0 Å². The first-order chi connectivity index (χ1) is 7.75. The normalized spacial score (nSPS) is 20.0. The Morgan fingerprint density at radius 2 is 2.50 bits per heavy atom. The summed E-state index contributed by atoms with van der Waals surface area (Å²) in [6.45, 7) is 1.87. The molecule has 0 saturated carbocycles. The Hall–Kier alpha value is -1.65. The van der Waals surface area contributed by atoms with Crippen LogP contribution < -0.4 is 4.90 Å². The zero-order valence-electron chi connectivity index (χ0n) is 9.04. The van der Waals surface area contributed by atoms with E-state index in [4.69, 9.17) is 5.11 Å². The van der Waals surface area contributed by atoms with Gasteiger partial charge < -0.3 is 10.0 Å². The van der Waals surface area contributed by atoms with Crippen LogP contribution in [-0.4, -0.2) is 34.1 Å². The predicted molar refractivity (Wildman–Crippen MR) is 59.2 cm³/mol. The second kappa shape index (κ2) is 4.92. The minimum Gasteiger partial charge on any atom is -0.481 e. The van der Waals surface area contributed by atoms with E-state index >= 15 is 0 Å². The molecule has 0 spiro atoms. The molecule has 2 heterocycles. The van der Waals surface area contributed by atoms with Gasteiger partial charge in [0.05, 0.1) is 0 Å². The number of anilines is 1. The highest BCUT2D eigenvalue weighted by Crippen LogP contribution is 2.24. The number of hydrogen-bond donors (Lipinski definition) is 1. The lowest BCUT2D eigenvalue weighted by Crippen LogP contribution is -2.20. The molecule has 1 unspecified atom stereocenters. The van der Waals surface area contributed by atoms with Crippen LogP contribution in [0.3, 0.4) is 0 Å². The van der Waals surface area contributed by atoms with Crippen LogP contribution in [0.4, 0.5) is 5.82 Å². The Morgan fingerprint density at radius 3 is 3.19 bits per heavy atom. The smallest absolute Gasteiger partial charge is 0.303 e. The largest absolute Gasteiger partial charge is 0.481 e. The maximum atomic E-state index is 10.5. The topological polar surface area (TPSA) is 66.3 Å². The van der Waals surface area contributed by atoms with Gasteiger partial charge in [-0.25, -0.2) is 9.97 Å². The molecule has 1 aliphatic rings. The van der Waals surface area contributed by atoms with E-state index in [1.165, 1.54) is 0 Å². The molecular formula is C11H15N3O2. The third-order valence-corrected chi connectivity index (χ3v) is 2.94. The highest BCUT2D eigenvalue weighted by molar-refractivity contribution is 5.66. The Bertz CT molecular complexity index is 356. The first kappa shape index (κ1) is 10.9. The molecule has 1 atom stereocenters. The molecule has 0 amide bonds. The van der Waals surface area contributed by atoms with Crippen LogP contribution in [0.5, 0.6) is 0 Å².